The second kappa shape index (κ2) is 4.61. The molecule has 2 unspecified atom stereocenters. The van der Waals surface area contributed by atoms with Gasteiger partial charge in [-0.25, -0.2) is 0 Å². The van der Waals surface area contributed by atoms with E-state index in [9.17, 15) is 4.79 Å². The van der Waals surface area contributed by atoms with Crippen molar-refractivity contribution in [2.24, 2.45) is 17.6 Å². The molecule has 0 spiro atoms. The Morgan fingerprint density at radius 2 is 2.08 bits per heavy atom. The van der Waals surface area contributed by atoms with Gasteiger partial charge in [-0.1, -0.05) is 32.6 Å². The van der Waals surface area contributed by atoms with E-state index in [1.807, 2.05) is 0 Å². The van der Waals surface area contributed by atoms with Gasteiger partial charge in [-0.15, -0.1) is 0 Å². The topological polar surface area (TPSA) is 63.3 Å². The van der Waals surface area contributed by atoms with Crippen LogP contribution in [-0.2, 0) is 4.79 Å². The van der Waals surface area contributed by atoms with Crippen LogP contribution in [0.1, 0.15) is 39.0 Å². The van der Waals surface area contributed by atoms with Gasteiger partial charge in [0.25, 0.3) is 0 Å². The fraction of sp³-hybridized carbons (Fsp3) is 0.900. The van der Waals surface area contributed by atoms with Gasteiger partial charge in [-0.3, -0.25) is 4.79 Å². The van der Waals surface area contributed by atoms with Crippen molar-refractivity contribution < 1.29 is 9.90 Å². The fourth-order valence-electron chi connectivity index (χ4n) is 2.02. The molecule has 0 saturated heterocycles. The highest BCUT2D eigenvalue weighted by molar-refractivity contribution is 5.70. The standard InChI is InChI=1S/C10H19NO2/c1-7(10(12)13)9(11)6-8-4-2-3-5-8/h7-9H,2-6,11H2,1H3,(H,12,13). The van der Waals surface area contributed by atoms with Crippen LogP contribution in [0.25, 0.3) is 0 Å². The number of rotatable bonds is 4. The Kier molecular flexibility index (Phi) is 3.72. The van der Waals surface area contributed by atoms with Crippen LogP contribution in [0.3, 0.4) is 0 Å². The molecule has 3 nitrogen and oxygen atoms in total. The third-order valence-electron chi connectivity index (χ3n) is 3.11. The Labute approximate surface area is 79.3 Å². The van der Waals surface area contributed by atoms with Crippen molar-refractivity contribution in [3.05, 3.63) is 0 Å². The van der Waals surface area contributed by atoms with Gasteiger partial charge in [0.05, 0.1) is 5.92 Å². The Bertz CT molecular complexity index is 176. The minimum Gasteiger partial charge on any atom is -0.481 e. The lowest BCUT2D eigenvalue weighted by atomic mass is 9.91. The quantitative estimate of drug-likeness (QED) is 0.699. The van der Waals surface area contributed by atoms with Crippen molar-refractivity contribution in [1.29, 1.82) is 0 Å². The highest BCUT2D eigenvalue weighted by atomic mass is 16.4. The fourth-order valence-corrected chi connectivity index (χ4v) is 2.02. The van der Waals surface area contributed by atoms with Gasteiger partial charge in [0.15, 0.2) is 0 Å². The van der Waals surface area contributed by atoms with Gasteiger partial charge in [0.1, 0.15) is 0 Å². The molecule has 0 radical (unpaired) electrons. The van der Waals surface area contributed by atoms with Gasteiger partial charge in [-0.2, -0.15) is 0 Å². The van der Waals surface area contributed by atoms with Crippen LogP contribution in [0.2, 0.25) is 0 Å². The molecule has 0 aromatic carbocycles. The van der Waals surface area contributed by atoms with Gasteiger partial charge in [0, 0.05) is 6.04 Å². The largest absolute Gasteiger partial charge is 0.481 e. The van der Waals surface area contributed by atoms with Gasteiger partial charge < -0.3 is 10.8 Å². The van der Waals surface area contributed by atoms with Crippen molar-refractivity contribution in [3.63, 3.8) is 0 Å². The van der Waals surface area contributed by atoms with E-state index in [2.05, 4.69) is 0 Å². The second-order valence-electron chi connectivity index (χ2n) is 4.18. The first-order chi connectivity index (χ1) is 6.11. The maximum atomic E-state index is 10.6. The van der Waals surface area contributed by atoms with Crippen molar-refractivity contribution in [1.82, 2.24) is 0 Å². The molecule has 0 aliphatic heterocycles. The molecule has 13 heavy (non-hydrogen) atoms. The van der Waals surface area contributed by atoms with E-state index in [1.54, 1.807) is 6.92 Å². The first-order valence-electron chi connectivity index (χ1n) is 5.09. The number of hydrogen-bond donors (Lipinski definition) is 2. The highest BCUT2D eigenvalue weighted by Crippen LogP contribution is 2.29. The smallest absolute Gasteiger partial charge is 0.307 e. The number of nitrogens with two attached hydrogens (primary N) is 1. The highest BCUT2D eigenvalue weighted by Gasteiger charge is 2.24. The molecular formula is C10H19NO2. The summed E-state index contributed by atoms with van der Waals surface area (Å²) in [6.07, 6.45) is 5.94. The molecule has 76 valence electrons. The number of carbonyl (C=O) groups is 1. The van der Waals surface area contributed by atoms with Gasteiger partial charge >= 0.3 is 5.97 Å². The summed E-state index contributed by atoms with van der Waals surface area (Å²) < 4.78 is 0. The molecule has 0 aromatic rings. The lowest BCUT2D eigenvalue weighted by Gasteiger charge is -2.19. The SMILES string of the molecule is CC(C(=O)O)C(N)CC1CCCC1. The first kappa shape index (κ1) is 10.5. The summed E-state index contributed by atoms with van der Waals surface area (Å²) in [5, 5.41) is 8.75. The average Bonchev–Trinajstić information content (AvgIpc) is 2.55. The average molecular weight is 185 g/mol. The van der Waals surface area contributed by atoms with Crippen LogP contribution in [0, 0.1) is 11.8 Å². The molecule has 0 aromatic heterocycles. The molecular weight excluding hydrogens is 166 g/mol. The van der Waals surface area contributed by atoms with Crippen LogP contribution < -0.4 is 5.73 Å². The molecule has 0 amide bonds. The zero-order valence-corrected chi connectivity index (χ0v) is 8.20. The van der Waals surface area contributed by atoms with E-state index in [-0.39, 0.29) is 6.04 Å². The van der Waals surface area contributed by atoms with Crippen molar-refractivity contribution >= 4 is 5.97 Å². The predicted molar refractivity (Wildman–Crippen MR) is 51.4 cm³/mol. The predicted octanol–water partition coefficient (Wildman–Crippen LogP) is 1.61. The van der Waals surface area contributed by atoms with Crippen LogP contribution in [0.4, 0.5) is 0 Å². The van der Waals surface area contributed by atoms with Crippen molar-refractivity contribution in [3.8, 4) is 0 Å². The number of aliphatic carboxylic acids is 1. The summed E-state index contributed by atoms with van der Waals surface area (Å²) in [5.41, 5.74) is 5.82. The molecule has 2 atom stereocenters. The number of hydrogen-bond acceptors (Lipinski definition) is 2. The molecule has 0 heterocycles. The monoisotopic (exact) mass is 185 g/mol. The van der Waals surface area contributed by atoms with E-state index >= 15 is 0 Å². The number of carboxylic acids is 1. The molecule has 1 rings (SSSR count). The zero-order chi connectivity index (χ0) is 9.84. The molecule has 3 heteroatoms. The minimum absolute atomic E-state index is 0.166. The second-order valence-corrected chi connectivity index (χ2v) is 4.18. The lowest BCUT2D eigenvalue weighted by Crippen LogP contribution is -2.34. The number of carboxylic acid groups (broad SMARTS) is 1. The van der Waals surface area contributed by atoms with Crippen LogP contribution in [-0.4, -0.2) is 17.1 Å². The molecule has 1 aliphatic rings. The maximum Gasteiger partial charge on any atom is 0.307 e. The summed E-state index contributed by atoms with van der Waals surface area (Å²) in [6, 6.07) is -0.166. The third-order valence-corrected chi connectivity index (χ3v) is 3.11. The van der Waals surface area contributed by atoms with Crippen LogP contribution in [0.5, 0.6) is 0 Å². The normalized spacial score (nSPS) is 22.9. The third kappa shape index (κ3) is 2.99. The van der Waals surface area contributed by atoms with E-state index < -0.39 is 11.9 Å². The minimum atomic E-state index is -0.773. The van der Waals surface area contributed by atoms with E-state index in [1.165, 1.54) is 25.7 Å². The summed E-state index contributed by atoms with van der Waals surface area (Å²) in [6.45, 7) is 1.70. The van der Waals surface area contributed by atoms with Gasteiger partial charge in [-0.05, 0) is 12.3 Å². The zero-order valence-electron chi connectivity index (χ0n) is 8.20. The Hall–Kier alpha value is -0.570. The molecule has 1 aliphatic carbocycles. The summed E-state index contributed by atoms with van der Waals surface area (Å²) >= 11 is 0. The Morgan fingerprint density at radius 3 is 2.54 bits per heavy atom. The molecule has 0 bridgehead atoms. The Morgan fingerprint density at radius 1 is 1.54 bits per heavy atom. The lowest BCUT2D eigenvalue weighted by molar-refractivity contribution is -0.141. The van der Waals surface area contributed by atoms with Crippen molar-refractivity contribution in [2.45, 2.75) is 45.1 Å². The maximum absolute atomic E-state index is 10.6. The van der Waals surface area contributed by atoms with Crippen molar-refractivity contribution in [2.75, 3.05) is 0 Å². The first-order valence-corrected chi connectivity index (χ1v) is 5.09. The van der Waals surface area contributed by atoms with Crippen LogP contribution in [0.15, 0.2) is 0 Å². The van der Waals surface area contributed by atoms with E-state index in [0.29, 0.717) is 5.92 Å². The summed E-state index contributed by atoms with van der Waals surface area (Å²) in [4.78, 5) is 10.6. The summed E-state index contributed by atoms with van der Waals surface area (Å²) in [5.74, 6) is -0.497. The molecule has 1 saturated carbocycles. The van der Waals surface area contributed by atoms with E-state index in [0.717, 1.165) is 6.42 Å². The van der Waals surface area contributed by atoms with Crippen LogP contribution >= 0.6 is 0 Å². The summed E-state index contributed by atoms with van der Waals surface area (Å²) in [7, 11) is 0. The van der Waals surface area contributed by atoms with Gasteiger partial charge in [0.2, 0.25) is 0 Å². The van der Waals surface area contributed by atoms with E-state index in [4.69, 9.17) is 10.8 Å². The molecule has 3 N–H and O–H groups in total. The molecule has 1 fully saturated rings. The Balaban J connectivity index is 2.30.